The maximum Gasteiger partial charge on any atom is 0.225 e. The van der Waals surface area contributed by atoms with Crippen LogP contribution in [0.4, 0.5) is 0 Å². The van der Waals surface area contributed by atoms with Crippen LogP contribution < -0.4 is 10.2 Å². The number of hydrogen-bond acceptors (Lipinski definition) is 2. The van der Waals surface area contributed by atoms with Crippen molar-refractivity contribution in [1.82, 2.24) is 5.32 Å². The smallest absolute Gasteiger partial charge is 0.225 e. The van der Waals surface area contributed by atoms with E-state index in [1.165, 1.54) is 10.5 Å². The van der Waals surface area contributed by atoms with Gasteiger partial charge in [-0.25, -0.2) is 0 Å². The SMILES string of the molecule is Cc1ccc([C@@H](C[NH+]2CCOCC2)NC(=O)Cc2ccc(Cl)cc2)cc1. The molecule has 1 aliphatic heterocycles. The molecule has 1 aliphatic rings. The van der Waals surface area contributed by atoms with Crippen LogP contribution in [0.2, 0.25) is 5.02 Å². The Balaban J connectivity index is 1.68. The van der Waals surface area contributed by atoms with E-state index in [9.17, 15) is 4.79 Å². The highest BCUT2D eigenvalue weighted by molar-refractivity contribution is 6.30. The fourth-order valence-electron chi connectivity index (χ4n) is 3.24. The molecule has 0 radical (unpaired) electrons. The van der Waals surface area contributed by atoms with E-state index in [1.54, 1.807) is 0 Å². The first-order valence-corrected chi connectivity index (χ1v) is 9.49. The van der Waals surface area contributed by atoms with Gasteiger partial charge in [0.1, 0.15) is 25.7 Å². The van der Waals surface area contributed by atoms with E-state index in [-0.39, 0.29) is 11.9 Å². The highest BCUT2D eigenvalue weighted by Gasteiger charge is 2.23. The summed E-state index contributed by atoms with van der Waals surface area (Å²) in [7, 11) is 0. The van der Waals surface area contributed by atoms with Crippen molar-refractivity contribution in [3.8, 4) is 0 Å². The van der Waals surface area contributed by atoms with Crippen LogP contribution in [0.1, 0.15) is 22.7 Å². The van der Waals surface area contributed by atoms with Crippen molar-refractivity contribution in [3.05, 3.63) is 70.2 Å². The molecule has 1 amide bonds. The van der Waals surface area contributed by atoms with Gasteiger partial charge in [0.2, 0.25) is 5.91 Å². The predicted molar refractivity (Wildman–Crippen MR) is 104 cm³/mol. The molecule has 3 rings (SSSR count). The summed E-state index contributed by atoms with van der Waals surface area (Å²) in [4.78, 5) is 14.1. The number of quaternary nitrogens is 1. The minimum absolute atomic E-state index is 0.00324. The third-order valence-electron chi connectivity index (χ3n) is 4.79. The van der Waals surface area contributed by atoms with E-state index in [1.807, 2.05) is 24.3 Å². The molecule has 2 aromatic carbocycles. The number of ether oxygens (including phenoxy) is 1. The second-order valence-electron chi connectivity index (χ2n) is 6.90. The van der Waals surface area contributed by atoms with Crippen LogP contribution >= 0.6 is 11.6 Å². The van der Waals surface area contributed by atoms with Crippen molar-refractivity contribution in [2.75, 3.05) is 32.8 Å². The molecular formula is C21H26ClN2O2+. The van der Waals surface area contributed by atoms with Crippen molar-refractivity contribution in [1.29, 1.82) is 0 Å². The van der Waals surface area contributed by atoms with Gasteiger partial charge in [0, 0.05) is 5.02 Å². The van der Waals surface area contributed by atoms with Crippen LogP contribution in [0.25, 0.3) is 0 Å². The van der Waals surface area contributed by atoms with Gasteiger partial charge in [-0.05, 0) is 30.2 Å². The number of carbonyl (C=O) groups is 1. The second kappa shape index (κ2) is 9.17. The summed E-state index contributed by atoms with van der Waals surface area (Å²) in [6, 6.07) is 15.9. The Morgan fingerprint density at radius 3 is 2.42 bits per heavy atom. The molecule has 1 heterocycles. The van der Waals surface area contributed by atoms with Gasteiger partial charge in [0.25, 0.3) is 0 Å². The van der Waals surface area contributed by atoms with Crippen LogP contribution in [0.15, 0.2) is 48.5 Å². The van der Waals surface area contributed by atoms with E-state index in [0.717, 1.165) is 44.0 Å². The maximum absolute atomic E-state index is 12.6. The highest BCUT2D eigenvalue weighted by atomic mass is 35.5. The molecule has 1 atom stereocenters. The number of nitrogens with one attached hydrogen (secondary N) is 2. The molecule has 0 unspecified atom stereocenters. The largest absolute Gasteiger partial charge is 0.370 e. The van der Waals surface area contributed by atoms with Crippen molar-refractivity contribution in [3.63, 3.8) is 0 Å². The summed E-state index contributed by atoms with van der Waals surface area (Å²) < 4.78 is 5.45. The first-order valence-electron chi connectivity index (χ1n) is 9.12. The summed E-state index contributed by atoms with van der Waals surface area (Å²) in [5.74, 6) is 0.0329. The molecule has 0 spiro atoms. The van der Waals surface area contributed by atoms with Crippen molar-refractivity contribution in [2.24, 2.45) is 0 Å². The van der Waals surface area contributed by atoms with Crippen LogP contribution in [0, 0.1) is 6.92 Å². The highest BCUT2D eigenvalue weighted by Crippen LogP contribution is 2.14. The van der Waals surface area contributed by atoms with Gasteiger partial charge < -0.3 is 15.0 Å². The summed E-state index contributed by atoms with van der Waals surface area (Å²) in [5.41, 5.74) is 3.34. The first-order chi connectivity index (χ1) is 12.6. The molecule has 5 heteroatoms. The number of carbonyl (C=O) groups excluding carboxylic acids is 1. The van der Waals surface area contributed by atoms with Gasteiger partial charge in [0.15, 0.2) is 0 Å². The van der Waals surface area contributed by atoms with Crippen molar-refractivity contribution >= 4 is 17.5 Å². The van der Waals surface area contributed by atoms with E-state index in [2.05, 4.69) is 36.5 Å². The fourth-order valence-corrected chi connectivity index (χ4v) is 3.36. The minimum atomic E-state index is 0.00324. The predicted octanol–water partition coefficient (Wildman–Crippen LogP) is 1.96. The maximum atomic E-state index is 12.6. The van der Waals surface area contributed by atoms with E-state index < -0.39 is 0 Å². The van der Waals surface area contributed by atoms with Crippen LogP contribution in [0.5, 0.6) is 0 Å². The summed E-state index contributed by atoms with van der Waals surface area (Å²) in [5, 5.41) is 3.91. The zero-order valence-electron chi connectivity index (χ0n) is 15.1. The molecule has 0 aliphatic carbocycles. The molecule has 4 nitrogen and oxygen atoms in total. The van der Waals surface area contributed by atoms with Crippen molar-refractivity contribution in [2.45, 2.75) is 19.4 Å². The van der Waals surface area contributed by atoms with Crippen LogP contribution in [-0.4, -0.2) is 38.8 Å². The van der Waals surface area contributed by atoms with Gasteiger partial charge in [-0.2, -0.15) is 0 Å². The molecule has 0 saturated carbocycles. The van der Waals surface area contributed by atoms with E-state index >= 15 is 0 Å². The molecule has 1 fully saturated rings. The Morgan fingerprint density at radius 1 is 1.12 bits per heavy atom. The van der Waals surface area contributed by atoms with E-state index in [4.69, 9.17) is 16.3 Å². The zero-order valence-corrected chi connectivity index (χ0v) is 15.9. The average molecular weight is 374 g/mol. The lowest BCUT2D eigenvalue weighted by molar-refractivity contribution is -0.909. The summed E-state index contributed by atoms with van der Waals surface area (Å²) >= 11 is 5.92. The first kappa shape index (κ1) is 18.9. The third kappa shape index (κ3) is 5.56. The molecule has 2 N–H and O–H groups in total. The Labute approximate surface area is 160 Å². The lowest BCUT2D eigenvalue weighted by Gasteiger charge is -2.28. The summed E-state index contributed by atoms with van der Waals surface area (Å²) in [6.07, 6.45) is 0.359. The monoisotopic (exact) mass is 373 g/mol. The number of benzene rings is 2. The summed E-state index contributed by atoms with van der Waals surface area (Å²) in [6.45, 7) is 6.48. The van der Waals surface area contributed by atoms with Gasteiger partial charge in [-0.3, -0.25) is 4.79 Å². The average Bonchev–Trinajstić information content (AvgIpc) is 2.65. The molecule has 1 saturated heterocycles. The molecule has 0 bridgehead atoms. The second-order valence-corrected chi connectivity index (χ2v) is 7.34. The van der Waals surface area contributed by atoms with Crippen molar-refractivity contribution < 1.29 is 14.4 Å². The van der Waals surface area contributed by atoms with Crippen LogP contribution in [0.3, 0.4) is 0 Å². The van der Waals surface area contributed by atoms with Gasteiger partial charge in [-0.15, -0.1) is 0 Å². The standard InChI is InChI=1S/C21H25ClN2O2/c1-16-2-6-18(7-3-16)20(15-24-10-12-26-13-11-24)23-21(25)14-17-4-8-19(22)9-5-17/h2-9,20H,10-15H2,1H3,(H,23,25)/p+1/t20-/m1/s1. The minimum Gasteiger partial charge on any atom is -0.370 e. The molecule has 2 aromatic rings. The van der Waals surface area contributed by atoms with E-state index in [0.29, 0.717) is 11.4 Å². The topological polar surface area (TPSA) is 42.8 Å². The van der Waals surface area contributed by atoms with Gasteiger partial charge >= 0.3 is 0 Å². The van der Waals surface area contributed by atoms with Gasteiger partial charge in [-0.1, -0.05) is 53.6 Å². The molecular weight excluding hydrogens is 348 g/mol. The zero-order chi connectivity index (χ0) is 18.4. The Kier molecular flexibility index (Phi) is 6.67. The molecule has 0 aromatic heterocycles. The molecule has 26 heavy (non-hydrogen) atoms. The normalized spacial score (nSPS) is 16.2. The fraction of sp³-hybridized carbons (Fsp3) is 0.381. The number of morpholine rings is 1. The quantitative estimate of drug-likeness (QED) is 0.813. The number of aryl methyl sites for hydroxylation is 1. The lowest BCUT2D eigenvalue weighted by Crippen LogP contribution is -3.14. The number of hydrogen-bond donors (Lipinski definition) is 2. The van der Waals surface area contributed by atoms with Gasteiger partial charge in [0.05, 0.1) is 19.6 Å². The Hall–Kier alpha value is -1.88. The third-order valence-corrected chi connectivity index (χ3v) is 5.04. The molecule has 138 valence electrons. The Morgan fingerprint density at radius 2 is 1.77 bits per heavy atom. The van der Waals surface area contributed by atoms with Crippen LogP contribution in [-0.2, 0) is 16.0 Å². The lowest BCUT2D eigenvalue weighted by atomic mass is 10.0. The number of halogens is 1. The Bertz CT molecular complexity index is 710. The number of amides is 1. The number of rotatable bonds is 6.